The first-order valence-electron chi connectivity index (χ1n) is 8.88. The van der Waals surface area contributed by atoms with Gasteiger partial charge in [0.05, 0.1) is 6.61 Å². The van der Waals surface area contributed by atoms with Crippen molar-refractivity contribution in [3.63, 3.8) is 0 Å². The number of aromatic nitrogens is 2. The van der Waals surface area contributed by atoms with Crippen molar-refractivity contribution in [1.82, 2.24) is 9.97 Å². The third-order valence-electron chi connectivity index (χ3n) is 4.08. The maximum absolute atomic E-state index is 5.78. The van der Waals surface area contributed by atoms with Crippen molar-refractivity contribution in [2.45, 2.75) is 32.6 Å². The zero-order valence-electron chi connectivity index (χ0n) is 14.6. The summed E-state index contributed by atoms with van der Waals surface area (Å²) in [6, 6.07) is 18.8. The van der Waals surface area contributed by atoms with Crippen LogP contribution in [-0.4, -0.2) is 16.6 Å². The van der Waals surface area contributed by atoms with E-state index in [1.165, 1.54) is 19.3 Å². The van der Waals surface area contributed by atoms with E-state index in [0.717, 1.165) is 41.3 Å². The lowest BCUT2D eigenvalue weighted by atomic mass is 10.1. The van der Waals surface area contributed by atoms with Crippen LogP contribution in [0.2, 0.25) is 0 Å². The molecule has 0 fully saturated rings. The van der Waals surface area contributed by atoms with Gasteiger partial charge in [-0.15, -0.1) is 0 Å². The highest BCUT2D eigenvalue weighted by molar-refractivity contribution is 5.63. The minimum atomic E-state index is 0.723. The summed E-state index contributed by atoms with van der Waals surface area (Å²) in [7, 11) is 0. The van der Waals surface area contributed by atoms with Crippen LogP contribution in [0, 0.1) is 6.07 Å². The Labute approximate surface area is 149 Å². The number of nitrogens with zero attached hydrogens (tertiary/aromatic N) is 2. The summed E-state index contributed by atoms with van der Waals surface area (Å²) in [5, 5.41) is 0. The van der Waals surface area contributed by atoms with Gasteiger partial charge in [0.1, 0.15) is 5.75 Å². The molecular formula is C22H23N2O. The second kappa shape index (κ2) is 8.97. The SMILES string of the molecule is CCCCCCOc1ccc(-c2ncc(-c3cc[c]cc3)cn2)cc1. The van der Waals surface area contributed by atoms with Gasteiger partial charge >= 0.3 is 0 Å². The molecule has 0 spiro atoms. The zero-order chi connectivity index (χ0) is 17.3. The molecule has 0 aliphatic carbocycles. The third kappa shape index (κ3) is 4.90. The number of hydrogen-bond acceptors (Lipinski definition) is 3. The van der Waals surface area contributed by atoms with Crippen LogP contribution in [0.3, 0.4) is 0 Å². The fourth-order valence-electron chi connectivity index (χ4n) is 2.62. The van der Waals surface area contributed by atoms with Crippen molar-refractivity contribution in [3.05, 3.63) is 67.0 Å². The Morgan fingerprint density at radius 2 is 1.52 bits per heavy atom. The number of ether oxygens (including phenoxy) is 1. The van der Waals surface area contributed by atoms with Gasteiger partial charge in [0.25, 0.3) is 0 Å². The van der Waals surface area contributed by atoms with Crippen LogP contribution in [0.4, 0.5) is 0 Å². The molecule has 3 aromatic rings. The number of hydrogen-bond donors (Lipinski definition) is 0. The molecule has 0 N–H and O–H groups in total. The average Bonchev–Trinajstić information content (AvgIpc) is 2.69. The van der Waals surface area contributed by atoms with Crippen molar-refractivity contribution in [3.8, 4) is 28.3 Å². The lowest BCUT2D eigenvalue weighted by molar-refractivity contribution is 0.305. The largest absolute Gasteiger partial charge is 0.494 e. The summed E-state index contributed by atoms with van der Waals surface area (Å²) in [6.45, 7) is 2.99. The smallest absolute Gasteiger partial charge is 0.159 e. The summed E-state index contributed by atoms with van der Waals surface area (Å²) in [5.74, 6) is 1.62. The first kappa shape index (κ1) is 17.2. The predicted molar refractivity (Wildman–Crippen MR) is 101 cm³/mol. The highest BCUT2D eigenvalue weighted by atomic mass is 16.5. The van der Waals surface area contributed by atoms with Crippen molar-refractivity contribution in [2.24, 2.45) is 0 Å². The van der Waals surface area contributed by atoms with E-state index < -0.39 is 0 Å². The molecule has 0 saturated heterocycles. The molecule has 1 radical (unpaired) electrons. The van der Waals surface area contributed by atoms with Crippen molar-refractivity contribution >= 4 is 0 Å². The van der Waals surface area contributed by atoms with E-state index >= 15 is 0 Å². The number of benzene rings is 2. The normalized spacial score (nSPS) is 10.6. The Balaban J connectivity index is 1.60. The van der Waals surface area contributed by atoms with Crippen LogP contribution in [0.25, 0.3) is 22.5 Å². The average molecular weight is 331 g/mol. The second-order valence-electron chi connectivity index (χ2n) is 6.02. The van der Waals surface area contributed by atoms with Gasteiger partial charge in [-0.1, -0.05) is 50.5 Å². The van der Waals surface area contributed by atoms with E-state index in [1.807, 2.05) is 60.9 Å². The molecule has 0 saturated carbocycles. The second-order valence-corrected chi connectivity index (χ2v) is 6.02. The molecule has 3 rings (SSSR count). The molecule has 127 valence electrons. The highest BCUT2D eigenvalue weighted by Crippen LogP contribution is 2.22. The van der Waals surface area contributed by atoms with Crippen LogP contribution >= 0.6 is 0 Å². The van der Waals surface area contributed by atoms with Gasteiger partial charge in [0, 0.05) is 23.5 Å². The summed E-state index contributed by atoms with van der Waals surface area (Å²) in [5.41, 5.74) is 3.09. The summed E-state index contributed by atoms with van der Waals surface area (Å²) < 4.78 is 5.78. The van der Waals surface area contributed by atoms with Crippen molar-refractivity contribution < 1.29 is 4.74 Å². The summed E-state index contributed by atoms with van der Waals surface area (Å²) in [6.07, 6.45) is 8.57. The molecule has 3 nitrogen and oxygen atoms in total. The van der Waals surface area contributed by atoms with Gasteiger partial charge in [0.15, 0.2) is 5.82 Å². The molecule has 1 aromatic heterocycles. The van der Waals surface area contributed by atoms with Crippen LogP contribution in [0.15, 0.2) is 60.9 Å². The number of unbranched alkanes of at least 4 members (excludes halogenated alkanes) is 3. The third-order valence-corrected chi connectivity index (χ3v) is 4.08. The van der Waals surface area contributed by atoms with Crippen molar-refractivity contribution in [2.75, 3.05) is 6.61 Å². The highest BCUT2D eigenvalue weighted by Gasteiger charge is 2.03. The predicted octanol–water partition coefficient (Wildman–Crippen LogP) is 5.57. The maximum Gasteiger partial charge on any atom is 0.159 e. The minimum absolute atomic E-state index is 0.723. The molecule has 2 aromatic carbocycles. The van der Waals surface area contributed by atoms with Gasteiger partial charge in [0.2, 0.25) is 0 Å². The first-order valence-corrected chi connectivity index (χ1v) is 8.88. The number of rotatable bonds is 8. The van der Waals surface area contributed by atoms with Gasteiger partial charge < -0.3 is 4.74 Å². The van der Waals surface area contributed by atoms with E-state index in [9.17, 15) is 0 Å². The van der Waals surface area contributed by atoms with Crippen molar-refractivity contribution in [1.29, 1.82) is 0 Å². The molecule has 3 heteroatoms. The molecule has 0 amide bonds. The maximum atomic E-state index is 5.78. The Kier molecular flexibility index (Phi) is 6.16. The molecule has 25 heavy (non-hydrogen) atoms. The van der Waals surface area contributed by atoms with E-state index in [2.05, 4.69) is 23.0 Å². The quantitative estimate of drug-likeness (QED) is 0.506. The monoisotopic (exact) mass is 331 g/mol. The molecule has 0 bridgehead atoms. The van der Waals surface area contributed by atoms with Crippen LogP contribution < -0.4 is 4.74 Å². The summed E-state index contributed by atoms with van der Waals surface area (Å²) >= 11 is 0. The Bertz CT molecular complexity index is 752. The van der Waals surface area contributed by atoms with Gasteiger partial charge in [-0.25, -0.2) is 9.97 Å². The van der Waals surface area contributed by atoms with Gasteiger partial charge in [-0.05, 0) is 42.3 Å². The van der Waals surface area contributed by atoms with Gasteiger partial charge in [-0.3, -0.25) is 0 Å². The van der Waals surface area contributed by atoms with E-state index in [0.29, 0.717) is 0 Å². The van der Waals surface area contributed by atoms with E-state index in [-0.39, 0.29) is 0 Å². The lowest BCUT2D eigenvalue weighted by Gasteiger charge is -2.07. The fraction of sp³-hybridized carbons (Fsp3) is 0.273. The fourth-order valence-corrected chi connectivity index (χ4v) is 2.62. The molecule has 0 atom stereocenters. The van der Waals surface area contributed by atoms with Crippen LogP contribution in [0.1, 0.15) is 32.6 Å². The molecule has 0 unspecified atom stereocenters. The Hall–Kier alpha value is -2.68. The molecule has 0 aliphatic rings. The lowest BCUT2D eigenvalue weighted by Crippen LogP contribution is -1.97. The van der Waals surface area contributed by atoms with E-state index in [4.69, 9.17) is 4.74 Å². The minimum Gasteiger partial charge on any atom is -0.494 e. The Morgan fingerprint density at radius 3 is 2.20 bits per heavy atom. The Morgan fingerprint density at radius 1 is 0.800 bits per heavy atom. The summed E-state index contributed by atoms with van der Waals surface area (Å²) in [4.78, 5) is 8.98. The standard InChI is InChI=1S/C22H23N2O/c1-2-3-4-8-15-25-21-13-11-19(12-14-21)22-23-16-20(17-24-22)18-9-6-5-7-10-18/h6-7,9-14,16-17H,2-4,8,15H2,1H3. The van der Waals surface area contributed by atoms with E-state index in [1.54, 1.807) is 0 Å². The zero-order valence-corrected chi connectivity index (χ0v) is 14.6. The molecular weight excluding hydrogens is 308 g/mol. The van der Waals surface area contributed by atoms with Gasteiger partial charge in [-0.2, -0.15) is 0 Å². The first-order chi connectivity index (χ1) is 12.4. The van der Waals surface area contributed by atoms with Crippen LogP contribution in [0.5, 0.6) is 5.75 Å². The van der Waals surface area contributed by atoms with Crippen LogP contribution in [-0.2, 0) is 0 Å². The molecule has 1 heterocycles. The topological polar surface area (TPSA) is 35.0 Å². The molecule has 0 aliphatic heterocycles.